The molecule has 0 aliphatic carbocycles. The van der Waals surface area contributed by atoms with Crippen LogP contribution in [0, 0.1) is 5.92 Å². The van der Waals surface area contributed by atoms with Crippen molar-refractivity contribution < 1.29 is 13.2 Å². The van der Waals surface area contributed by atoms with Gasteiger partial charge in [0.2, 0.25) is 5.95 Å². The summed E-state index contributed by atoms with van der Waals surface area (Å²) in [6, 6.07) is 6.64. The highest BCUT2D eigenvalue weighted by Gasteiger charge is 2.27. The maximum atomic E-state index is 11.7. The molecule has 4 aromatic rings. The first kappa shape index (κ1) is 25.5. The summed E-state index contributed by atoms with van der Waals surface area (Å²) in [7, 11) is -3.24. The maximum absolute atomic E-state index is 11.7. The molecule has 0 bridgehead atoms. The molecular weight excluding hydrogens is 508 g/mol. The number of aryl methyl sites for hydroxylation is 1. The SMILES string of the molecule is CCCc1cnc(N2CCC(C(C)Oc3nc4ncc(-c5ccc(S(C)(=O)=O)cc5)nc4s3)CC2)nc1. The van der Waals surface area contributed by atoms with Crippen LogP contribution in [0.4, 0.5) is 5.95 Å². The highest BCUT2D eigenvalue weighted by atomic mass is 32.2. The molecule has 0 saturated carbocycles. The molecule has 1 aliphatic heterocycles. The van der Waals surface area contributed by atoms with Gasteiger partial charge in [-0.25, -0.2) is 28.4 Å². The van der Waals surface area contributed by atoms with E-state index in [0.717, 1.165) is 50.3 Å². The normalized spacial score (nSPS) is 15.7. The van der Waals surface area contributed by atoms with Crippen LogP contribution in [0.5, 0.6) is 5.19 Å². The Labute approximate surface area is 220 Å². The van der Waals surface area contributed by atoms with Gasteiger partial charge in [-0.2, -0.15) is 4.98 Å². The standard InChI is InChI=1S/C26H30N6O3S2/c1-4-5-18-14-28-25(29-15-18)32-12-10-19(11-13-32)17(2)35-26-31-23-24(36-26)30-22(16-27-23)20-6-8-21(9-7-20)37(3,33)34/h6-9,14-17,19H,4-5,10-13H2,1-3H3. The second-order valence-corrected chi connectivity index (χ2v) is 12.4. The Balaban J connectivity index is 1.21. The largest absolute Gasteiger partial charge is 0.467 e. The third-order valence-electron chi connectivity index (χ3n) is 6.69. The van der Waals surface area contributed by atoms with Crippen LogP contribution in [-0.4, -0.2) is 58.8 Å². The molecule has 0 spiro atoms. The van der Waals surface area contributed by atoms with Crippen LogP contribution in [0.3, 0.4) is 0 Å². The first-order valence-corrected chi connectivity index (χ1v) is 15.2. The fourth-order valence-electron chi connectivity index (χ4n) is 4.52. The molecular formula is C26H30N6O3S2. The molecule has 0 radical (unpaired) electrons. The number of ether oxygens (including phenoxy) is 1. The summed E-state index contributed by atoms with van der Waals surface area (Å²) in [5.41, 5.74) is 3.18. The number of aromatic nitrogens is 5. The van der Waals surface area contributed by atoms with Crippen LogP contribution in [-0.2, 0) is 16.3 Å². The van der Waals surface area contributed by atoms with Crippen molar-refractivity contribution in [2.24, 2.45) is 5.92 Å². The summed E-state index contributed by atoms with van der Waals surface area (Å²) < 4.78 is 29.7. The molecule has 0 amide bonds. The molecule has 37 heavy (non-hydrogen) atoms. The van der Waals surface area contributed by atoms with E-state index in [0.29, 0.717) is 27.3 Å². The number of sulfone groups is 1. The minimum atomic E-state index is -3.24. The first-order chi connectivity index (χ1) is 17.8. The quantitative estimate of drug-likeness (QED) is 0.318. The number of nitrogens with zero attached hydrogens (tertiary/aromatic N) is 6. The number of thiazole rings is 1. The molecule has 0 N–H and O–H groups in total. The Morgan fingerprint density at radius 3 is 2.41 bits per heavy atom. The molecule has 3 aromatic heterocycles. The third-order valence-corrected chi connectivity index (χ3v) is 8.64. The van der Waals surface area contributed by atoms with Gasteiger partial charge in [0, 0.05) is 37.3 Å². The number of hydrogen-bond donors (Lipinski definition) is 0. The van der Waals surface area contributed by atoms with Gasteiger partial charge in [0.1, 0.15) is 6.10 Å². The number of rotatable bonds is 8. The molecule has 194 valence electrons. The van der Waals surface area contributed by atoms with Crippen LogP contribution >= 0.6 is 11.3 Å². The topological polar surface area (TPSA) is 111 Å². The zero-order valence-corrected chi connectivity index (χ0v) is 22.8. The van der Waals surface area contributed by atoms with Crippen LogP contribution < -0.4 is 9.64 Å². The molecule has 1 aromatic carbocycles. The van der Waals surface area contributed by atoms with E-state index in [1.807, 2.05) is 12.4 Å². The Hall–Kier alpha value is -3.18. The van der Waals surface area contributed by atoms with Crippen molar-refractivity contribution in [2.45, 2.75) is 50.5 Å². The van der Waals surface area contributed by atoms with Crippen molar-refractivity contribution in [3.05, 3.63) is 48.4 Å². The summed E-state index contributed by atoms with van der Waals surface area (Å²) >= 11 is 1.38. The minimum absolute atomic E-state index is 0.0126. The monoisotopic (exact) mass is 538 g/mol. The molecule has 1 atom stereocenters. The second-order valence-electron chi connectivity index (χ2n) is 9.45. The van der Waals surface area contributed by atoms with E-state index in [9.17, 15) is 8.42 Å². The van der Waals surface area contributed by atoms with Crippen molar-refractivity contribution in [3.63, 3.8) is 0 Å². The van der Waals surface area contributed by atoms with E-state index in [4.69, 9.17) is 4.74 Å². The van der Waals surface area contributed by atoms with Crippen LogP contribution in [0.15, 0.2) is 47.8 Å². The van der Waals surface area contributed by atoms with Crippen LogP contribution in [0.2, 0.25) is 0 Å². The van der Waals surface area contributed by atoms with Crippen molar-refractivity contribution in [3.8, 4) is 16.5 Å². The highest BCUT2D eigenvalue weighted by molar-refractivity contribution is 7.90. The number of benzene rings is 1. The molecule has 11 heteroatoms. The first-order valence-electron chi connectivity index (χ1n) is 12.5. The Morgan fingerprint density at radius 1 is 1.05 bits per heavy atom. The van der Waals surface area contributed by atoms with E-state index in [2.05, 4.69) is 43.7 Å². The average molecular weight is 539 g/mol. The Morgan fingerprint density at radius 2 is 1.76 bits per heavy atom. The van der Waals surface area contributed by atoms with Gasteiger partial charge in [0.25, 0.3) is 5.19 Å². The van der Waals surface area contributed by atoms with Crippen molar-refractivity contribution in [2.75, 3.05) is 24.2 Å². The molecule has 1 saturated heterocycles. The van der Waals surface area contributed by atoms with E-state index >= 15 is 0 Å². The third kappa shape index (κ3) is 5.88. The van der Waals surface area contributed by atoms with Gasteiger partial charge in [0.05, 0.1) is 16.8 Å². The average Bonchev–Trinajstić information content (AvgIpc) is 3.30. The van der Waals surface area contributed by atoms with E-state index < -0.39 is 9.84 Å². The number of hydrogen-bond acceptors (Lipinski definition) is 10. The number of piperidine rings is 1. The fourth-order valence-corrected chi connectivity index (χ4v) is 5.98. The number of fused-ring (bicyclic) bond motifs is 1. The lowest BCUT2D eigenvalue weighted by Crippen LogP contribution is -2.39. The fraction of sp³-hybridized carbons (Fsp3) is 0.423. The van der Waals surface area contributed by atoms with E-state index in [1.54, 1.807) is 30.5 Å². The smallest absolute Gasteiger partial charge is 0.277 e. The van der Waals surface area contributed by atoms with E-state index in [-0.39, 0.29) is 11.0 Å². The summed E-state index contributed by atoms with van der Waals surface area (Å²) in [5.74, 6) is 1.21. The summed E-state index contributed by atoms with van der Waals surface area (Å²) in [6.45, 7) is 6.05. The van der Waals surface area contributed by atoms with Crippen molar-refractivity contribution >= 4 is 37.6 Å². The van der Waals surface area contributed by atoms with Crippen molar-refractivity contribution in [1.82, 2.24) is 24.9 Å². The Kier molecular flexibility index (Phi) is 7.34. The zero-order valence-electron chi connectivity index (χ0n) is 21.2. The lowest BCUT2D eigenvalue weighted by Gasteiger charge is -2.34. The predicted octanol–water partition coefficient (Wildman–Crippen LogP) is 4.58. The van der Waals surface area contributed by atoms with Gasteiger partial charge in [-0.1, -0.05) is 36.8 Å². The molecule has 4 heterocycles. The molecule has 1 fully saturated rings. The van der Waals surface area contributed by atoms with Gasteiger partial charge in [-0.3, -0.25) is 0 Å². The predicted molar refractivity (Wildman–Crippen MR) is 145 cm³/mol. The summed E-state index contributed by atoms with van der Waals surface area (Å²) in [5, 5.41) is 0.560. The molecule has 1 aliphatic rings. The molecule has 5 rings (SSSR count). The number of anilines is 1. The van der Waals surface area contributed by atoms with Crippen LogP contribution in [0.1, 0.15) is 38.7 Å². The van der Waals surface area contributed by atoms with Gasteiger partial charge in [-0.05, 0) is 49.8 Å². The lowest BCUT2D eigenvalue weighted by atomic mass is 9.92. The highest BCUT2D eigenvalue weighted by Crippen LogP contribution is 2.31. The van der Waals surface area contributed by atoms with Gasteiger partial charge < -0.3 is 9.64 Å². The lowest BCUT2D eigenvalue weighted by molar-refractivity contribution is 0.132. The molecule has 9 nitrogen and oxygen atoms in total. The second kappa shape index (κ2) is 10.7. The van der Waals surface area contributed by atoms with Crippen molar-refractivity contribution in [1.29, 1.82) is 0 Å². The summed E-state index contributed by atoms with van der Waals surface area (Å²) in [6.07, 6.45) is 10.8. The minimum Gasteiger partial charge on any atom is -0.467 e. The van der Waals surface area contributed by atoms with Crippen LogP contribution in [0.25, 0.3) is 21.7 Å². The van der Waals surface area contributed by atoms with Gasteiger partial charge >= 0.3 is 0 Å². The maximum Gasteiger partial charge on any atom is 0.277 e. The van der Waals surface area contributed by atoms with Gasteiger partial charge in [-0.15, -0.1) is 0 Å². The Bertz CT molecular complexity index is 1460. The molecule has 1 unspecified atom stereocenters. The van der Waals surface area contributed by atoms with E-state index in [1.165, 1.54) is 23.2 Å². The summed E-state index contributed by atoms with van der Waals surface area (Å²) in [4.78, 5) is 26.0. The van der Waals surface area contributed by atoms with Gasteiger partial charge in [0.15, 0.2) is 20.3 Å². The zero-order chi connectivity index (χ0) is 26.0.